The number of nitrogens with zero attached hydrogens (tertiary/aromatic N) is 1. The van der Waals surface area contributed by atoms with E-state index in [1.165, 1.54) is 23.5 Å². The van der Waals surface area contributed by atoms with E-state index in [0.29, 0.717) is 13.0 Å². The maximum absolute atomic E-state index is 12.1. The molecule has 0 spiro atoms. The van der Waals surface area contributed by atoms with Gasteiger partial charge in [-0.1, -0.05) is 18.2 Å². The Kier molecular flexibility index (Phi) is 6.19. The van der Waals surface area contributed by atoms with Gasteiger partial charge in [0, 0.05) is 24.0 Å². The molecule has 25 heavy (non-hydrogen) atoms. The zero-order chi connectivity index (χ0) is 18.4. The van der Waals surface area contributed by atoms with Crippen molar-refractivity contribution in [1.29, 1.82) is 0 Å². The molecule has 2 aromatic rings. The fourth-order valence-corrected chi connectivity index (χ4v) is 2.80. The third kappa shape index (κ3) is 6.22. The number of carbonyl (C=O) groups excluding carboxylic acids is 2. The van der Waals surface area contributed by atoms with Crippen molar-refractivity contribution in [3.05, 3.63) is 57.8 Å². The second-order valence-corrected chi connectivity index (χ2v) is 6.53. The molecule has 1 aromatic heterocycles. The van der Waals surface area contributed by atoms with Crippen molar-refractivity contribution in [1.82, 2.24) is 10.2 Å². The minimum atomic E-state index is -4.44. The lowest BCUT2D eigenvalue weighted by molar-refractivity contribution is -0.129. The van der Waals surface area contributed by atoms with E-state index in [2.05, 4.69) is 0 Å². The fourth-order valence-electron chi connectivity index (χ4n) is 2.10. The minimum absolute atomic E-state index is 0.0329. The van der Waals surface area contributed by atoms with E-state index in [9.17, 15) is 22.8 Å². The van der Waals surface area contributed by atoms with E-state index in [0.717, 1.165) is 10.4 Å². The summed E-state index contributed by atoms with van der Waals surface area (Å²) < 4.78 is 36.3. The van der Waals surface area contributed by atoms with E-state index in [4.69, 9.17) is 0 Å². The van der Waals surface area contributed by atoms with Crippen molar-refractivity contribution in [3.8, 4) is 0 Å². The van der Waals surface area contributed by atoms with Crippen LogP contribution in [0.15, 0.2) is 41.8 Å². The third-order valence-corrected chi connectivity index (χ3v) is 4.29. The highest BCUT2D eigenvalue weighted by Gasteiger charge is 2.27. The van der Waals surface area contributed by atoms with E-state index in [1.54, 1.807) is 24.1 Å². The number of benzene rings is 1. The van der Waals surface area contributed by atoms with Gasteiger partial charge in [-0.05, 0) is 29.1 Å². The Hall–Kier alpha value is -2.35. The van der Waals surface area contributed by atoms with Crippen LogP contribution in [0.4, 0.5) is 13.2 Å². The number of halogens is 3. The van der Waals surface area contributed by atoms with Gasteiger partial charge in [-0.2, -0.15) is 13.2 Å². The molecule has 0 fully saturated rings. The Labute approximate surface area is 147 Å². The second-order valence-electron chi connectivity index (χ2n) is 5.50. The Morgan fingerprint density at radius 1 is 1.16 bits per heavy atom. The predicted molar refractivity (Wildman–Crippen MR) is 89.3 cm³/mol. The molecule has 1 aromatic carbocycles. The molecule has 8 heteroatoms. The van der Waals surface area contributed by atoms with Crippen molar-refractivity contribution >= 4 is 23.2 Å². The SMILES string of the molecule is CN(Cc1ccc(C(=O)NCC(F)(F)F)cc1)C(=O)Cc1cccs1. The molecule has 0 saturated heterocycles. The van der Waals surface area contributed by atoms with Crippen LogP contribution >= 0.6 is 11.3 Å². The molecule has 0 radical (unpaired) electrons. The summed E-state index contributed by atoms with van der Waals surface area (Å²) in [5.41, 5.74) is 0.926. The summed E-state index contributed by atoms with van der Waals surface area (Å²) in [7, 11) is 1.68. The van der Waals surface area contributed by atoms with Crippen molar-refractivity contribution in [2.75, 3.05) is 13.6 Å². The highest BCUT2D eigenvalue weighted by Crippen LogP contribution is 2.14. The topological polar surface area (TPSA) is 49.4 Å². The lowest BCUT2D eigenvalue weighted by Crippen LogP contribution is -2.33. The number of likely N-dealkylation sites (N-methyl/N-ethyl adjacent to an activating group) is 1. The maximum atomic E-state index is 12.1. The maximum Gasteiger partial charge on any atom is 0.405 e. The minimum Gasteiger partial charge on any atom is -0.343 e. The first-order valence-electron chi connectivity index (χ1n) is 7.45. The standard InChI is InChI=1S/C17H17F3N2O2S/c1-22(15(23)9-14-3-2-8-25-14)10-12-4-6-13(7-5-12)16(24)21-11-17(18,19)20/h2-8H,9-11H2,1H3,(H,21,24). The lowest BCUT2D eigenvalue weighted by atomic mass is 10.1. The summed E-state index contributed by atoms with van der Waals surface area (Å²) in [6.07, 6.45) is -4.12. The molecule has 0 bridgehead atoms. The number of nitrogens with one attached hydrogen (secondary N) is 1. The van der Waals surface area contributed by atoms with Crippen LogP contribution in [0.1, 0.15) is 20.8 Å². The molecule has 134 valence electrons. The summed E-state index contributed by atoms with van der Waals surface area (Å²) in [5, 5.41) is 3.72. The number of amides is 2. The van der Waals surface area contributed by atoms with Crippen LogP contribution < -0.4 is 5.32 Å². The van der Waals surface area contributed by atoms with E-state index >= 15 is 0 Å². The highest BCUT2D eigenvalue weighted by molar-refractivity contribution is 7.10. The van der Waals surface area contributed by atoms with Gasteiger partial charge in [0.25, 0.3) is 5.91 Å². The van der Waals surface area contributed by atoms with Gasteiger partial charge < -0.3 is 10.2 Å². The monoisotopic (exact) mass is 370 g/mol. The quantitative estimate of drug-likeness (QED) is 0.849. The molecule has 0 aliphatic heterocycles. The molecule has 0 atom stereocenters. The van der Waals surface area contributed by atoms with Gasteiger partial charge in [-0.25, -0.2) is 0 Å². The molecular formula is C17H17F3N2O2S. The fraction of sp³-hybridized carbons (Fsp3) is 0.294. The molecule has 2 rings (SSSR count). The lowest BCUT2D eigenvalue weighted by Gasteiger charge is -2.17. The first-order chi connectivity index (χ1) is 11.7. The summed E-state index contributed by atoms with van der Waals surface area (Å²) in [6.45, 7) is -1.01. The summed E-state index contributed by atoms with van der Waals surface area (Å²) in [6, 6.07) is 9.91. The summed E-state index contributed by atoms with van der Waals surface area (Å²) in [5.74, 6) is -0.819. The zero-order valence-electron chi connectivity index (χ0n) is 13.5. The molecular weight excluding hydrogens is 353 g/mol. The average Bonchev–Trinajstić information content (AvgIpc) is 3.05. The van der Waals surface area contributed by atoms with Gasteiger partial charge in [-0.3, -0.25) is 9.59 Å². The number of hydrogen-bond acceptors (Lipinski definition) is 3. The Morgan fingerprint density at radius 3 is 2.40 bits per heavy atom. The Morgan fingerprint density at radius 2 is 1.84 bits per heavy atom. The number of hydrogen-bond donors (Lipinski definition) is 1. The first kappa shape index (κ1) is 19.0. The Balaban J connectivity index is 1.89. The van der Waals surface area contributed by atoms with Crippen molar-refractivity contribution in [2.45, 2.75) is 19.1 Å². The molecule has 0 saturated carbocycles. The van der Waals surface area contributed by atoms with Crippen LogP contribution in [0.5, 0.6) is 0 Å². The molecule has 1 heterocycles. The van der Waals surface area contributed by atoms with Gasteiger partial charge in [0.1, 0.15) is 6.54 Å². The van der Waals surface area contributed by atoms with Crippen LogP contribution in [0.3, 0.4) is 0 Å². The normalized spacial score (nSPS) is 11.2. The second kappa shape index (κ2) is 8.15. The number of carbonyl (C=O) groups is 2. The van der Waals surface area contributed by atoms with Gasteiger partial charge in [0.05, 0.1) is 6.42 Å². The predicted octanol–water partition coefficient (Wildman–Crippen LogP) is 3.24. The van der Waals surface area contributed by atoms with Crippen LogP contribution in [0.2, 0.25) is 0 Å². The highest BCUT2D eigenvalue weighted by atomic mass is 32.1. The summed E-state index contributed by atoms with van der Waals surface area (Å²) in [4.78, 5) is 26.3. The van der Waals surface area contributed by atoms with E-state index in [1.807, 2.05) is 22.8 Å². The van der Waals surface area contributed by atoms with Crippen LogP contribution in [-0.2, 0) is 17.8 Å². The molecule has 2 amide bonds. The largest absolute Gasteiger partial charge is 0.405 e. The van der Waals surface area contributed by atoms with Gasteiger partial charge in [0.15, 0.2) is 0 Å². The first-order valence-corrected chi connectivity index (χ1v) is 8.33. The molecule has 0 aliphatic carbocycles. The van der Waals surface area contributed by atoms with Gasteiger partial charge >= 0.3 is 6.18 Å². The van der Waals surface area contributed by atoms with Crippen molar-refractivity contribution in [2.24, 2.45) is 0 Å². The average molecular weight is 370 g/mol. The Bertz CT molecular complexity index is 712. The van der Waals surface area contributed by atoms with Crippen LogP contribution in [0, 0.1) is 0 Å². The van der Waals surface area contributed by atoms with Crippen molar-refractivity contribution < 1.29 is 22.8 Å². The molecule has 4 nitrogen and oxygen atoms in total. The number of rotatable bonds is 6. The number of alkyl halides is 3. The molecule has 0 unspecified atom stereocenters. The number of thiophene rings is 1. The van der Waals surface area contributed by atoms with Crippen molar-refractivity contribution in [3.63, 3.8) is 0 Å². The van der Waals surface area contributed by atoms with Gasteiger partial charge in [0.2, 0.25) is 5.91 Å². The van der Waals surface area contributed by atoms with Crippen LogP contribution in [-0.4, -0.2) is 36.5 Å². The smallest absolute Gasteiger partial charge is 0.343 e. The third-order valence-electron chi connectivity index (χ3n) is 3.42. The molecule has 0 aliphatic rings. The van der Waals surface area contributed by atoms with E-state index in [-0.39, 0.29) is 11.5 Å². The zero-order valence-corrected chi connectivity index (χ0v) is 14.3. The summed E-state index contributed by atoms with van der Waals surface area (Å²) >= 11 is 1.51. The van der Waals surface area contributed by atoms with Crippen LogP contribution in [0.25, 0.3) is 0 Å². The van der Waals surface area contributed by atoms with Gasteiger partial charge in [-0.15, -0.1) is 11.3 Å². The van der Waals surface area contributed by atoms with E-state index < -0.39 is 18.6 Å². The molecule has 1 N–H and O–H groups in total.